The van der Waals surface area contributed by atoms with Crippen molar-refractivity contribution in [2.45, 2.75) is 75.5 Å². The monoisotopic (exact) mass is 1310 g/mol. The van der Waals surface area contributed by atoms with Crippen molar-refractivity contribution in [2.24, 2.45) is 0 Å². The largest absolute Gasteiger partial charge is 0.504 e. The lowest BCUT2D eigenvalue weighted by Gasteiger charge is -2.37. The molecular formula is C74H82N4O16S. The molecule has 0 saturated carbocycles. The summed E-state index contributed by atoms with van der Waals surface area (Å²) in [6.45, 7) is 3.64. The van der Waals surface area contributed by atoms with Crippen LogP contribution in [-0.4, -0.2) is 144 Å². The Morgan fingerprint density at radius 2 is 0.695 bits per heavy atom. The van der Waals surface area contributed by atoms with Crippen LogP contribution in [0.15, 0.2) is 121 Å². The molecule has 8 aliphatic rings. The fourth-order valence-corrected chi connectivity index (χ4v) is 14.2. The first kappa shape index (κ1) is 66.1. The zero-order chi connectivity index (χ0) is 67.0. The van der Waals surface area contributed by atoms with E-state index in [1.165, 1.54) is 33.4 Å². The highest BCUT2D eigenvalue weighted by Crippen LogP contribution is 2.54. The van der Waals surface area contributed by atoms with Crippen molar-refractivity contribution in [3.8, 4) is 92.0 Å². The molecule has 0 unspecified atom stereocenters. The SMILES string of the molecule is COc1cc2c3cc1Oc1c(OC)c(OC)cc4c1[C@H](Cc1ccc(cc1)Oc1cc(ccc1O)C[C@H]3N(C)CC2)N(C)CC4.COc1cc2c3cc1Oc1c(OC)c(OC)cc4c1[C@H](Cc1ccc(cc1)Oc1cc(ccc1O)C[C@H]3N(C)CC2)N(C)CC4.O=S(=O)(O)O. The first-order chi connectivity index (χ1) is 45.7. The first-order valence-corrected chi connectivity index (χ1v) is 33.1. The topological polar surface area (TPSA) is 220 Å². The Labute approximate surface area is 555 Å². The van der Waals surface area contributed by atoms with Gasteiger partial charge in [0, 0.05) is 61.5 Å². The smallest absolute Gasteiger partial charge is 0.394 e. The Morgan fingerprint density at radius 3 is 1.04 bits per heavy atom. The summed E-state index contributed by atoms with van der Waals surface area (Å²) in [5.74, 6) is 8.88. The Hall–Kier alpha value is -8.93. The van der Waals surface area contributed by atoms with E-state index in [-0.39, 0.29) is 35.7 Å². The van der Waals surface area contributed by atoms with Crippen LogP contribution in [0, 0.1) is 0 Å². The molecule has 20 nitrogen and oxygen atoms in total. The summed E-state index contributed by atoms with van der Waals surface area (Å²) in [4.78, 5) is 9.51. The number of likely N-dealkylation sites (N-methyl/N-ethyl adjacent to an activating group) is 4. The van der Waals surface area contributed by atoms with E-state index in [9.17, 15) is 10.2 Å². The van der Waals surface area contributed by atoms with E-state index in [1.54, 1.807) is 54.8 Å². The number of methoxy groups -OCH3 is 6. The minimum absolute atomic E-state index is 0.0254. The zero-order valence-corrected chi connectivity index (χ0v) is 56.0. The summed E-state index contributed by atoms with van der Waals surface area (Å²) in [5.41, 5.74) is 13.9. The third-order valence-corrected chi connectivity index (χ3v) is 19.3. The third kappa shape index (κ3) is 14.0. The number of hydrogen-bond acceptors (Lipinski definition) is 18. The van der Waals surface area contributed by atoms with E-state index in [0.717, 1.165) is 111 Å². The van der Waals surface area contributed by atoms with Crippen LogP contribution in [0.1, 0.15) is 90.9 Å². The van der Waals surface area contributed by atoms with Gasteiger partial charge in [-0.25, -0.2) is 0 Å². The van der Waals surface area contributed by atoms with Gasteiger partial charge in [0.2, 0.25) is 11.5 Å². The predicted molar refractivity (Wildman–Crippen MR) is 360 cm³/mol. The van der Waals surface area contributed by atoms with Crippen molar-refractivity contribution < 1.29 is 75.1 Å². The van der Waals surface area contributed by atoms with Crippen LogP contribution >= 0.6 is 0 Å². The highest BCUT2D eigenvalue weighted by atomic mass is 32.3. The van der Waals surface area contributed by atoms with E-state index in [0.29, 0.717) is 80.5 Å². The number of hydrogen-bond donors (Lipinski definition) is 4. The maximum absolute atomic E-state index is 10.7. The van der Waals surface area contributed by atoms with Gasteiger partial charge in [0.25, 0.3) is 0 Å². The van der Waals surface area contributed by atoms with E-state index in [2.05, 4.69) is 108 Å². The summed E-state index contributed by atoms with van der Waals surface area (Å²) in [7, 11) is 14.0. The molecular weight excluding hydrogens is 1230 g/mol. The summed E-state index contributed by atoms with van der Waals surface area (Å²) in [5, 5.41) is 21.4. The van der Waals surface area contributed by atoms with Crippen molar-refractivity contribution in [3.05, 3.63) is 188 Å². The van der Waals surface area contributed by atoms with Gasteiger partial charge >= 0.3 is 10.4 Å². The number of benzene rings is 8. The summed E-state index contributed by atoms with van der Waals surface area (Å²) in [6.07, 6.45) is 6.51. The van der Waals surface area contributed by atoms with Crippen LogP contribution in [-0.2, 0) is 61.8 Å². The van der Waals surface area contributed by atoms with Gasteiger partial charge in [-0.2, -0.15) is 8.42 Å². The molecule has 0 radical (unpaired) electrons. The number of rotatable bonds is 6. The Kier molecular flexibility index (Phi) is 19.3. The third-order valence-electron chi connectivity index (χ3n) is 19.3. The lowest BCUT2D eigenvalue weighted by molar-refractivity contribution is 0.220. The molecule has 0 spiro atoms. The molecule has 0 aromatic heterocycles. The number of nitrogens with zero attached hydrogens (tertiary/aromatic N) is 4. The Bertz CT molecular complexity index is 4000. The highest BCUT2D eigenvalue weighted by molar-refractivity contribution is 7.79. The molecule has 21 heteroatoms. The normalized spacial score (nSPS) is 19.0. The number of fused-ring (bicyclic) bond motifs is 4. The van der Waals surface area contributed by atoms with Crippen molar-refractivity contribution in [1.29, 1.82) is 0 Å². The maximum Gasteiger partial charge on any atom is 0.394 e. The van der Waals surface area contributed by atoms with Gasteiger partial charge < -0.3 is 57.6 Å². The molecule has 0 aliphatic carbocycles. The van der Waals surface area contributed by atoms with Crippen molar-refractivity contribution in [1.82, 2.24) is 19.6 Å². The van der Waals surface area contributed by atoms with Crippen LogP contribution < -0.4 is 47.4 Å². The van der Waals surface area contributed by atoms with Crippen molar-refractivity contribution in [2.75, 3.05) is 97.0 Å². The quantitative estimate of drug-likeness (QED) is 0.114. The lowest BCUT2D eigenvalue weighted by atomic mass is 9.87. The number of ether oxygens (including phenoxy) is 10. The molecule has 0 saturated heterocycles. The number of aromatic hydroxyl groups is 2. The second-order valence-corrected chi connectivity index (χ2v) is 25.9. The molecule has 12 bridgehead atoms. The van der Waals surface area contributed by atoms with E-state index in [1.807, 2.05) is 48.5 Å². The minimum Gasteiger partial charge on any atom is -0.504 e. The predicted octanol–water partition coefficient (Wildman–Crippen LogP) is 13.1. The van der Waals surface area contributed by atoms with Gasteiger partial charge in [-0.3, -0.25) is 28.7 Å². The standard InChI is InChI=1S/2C37H40N2O6.H2O4S/c2*1-38-14-12-24-19-32(41-3)33-21-27(24)28(38)17-23-8-11-30(40)31(18-23)44-26-9-6-22(7-10-26)16-29-35-25(13-15-39(29)2)20-34(42-4)36(43-5)37(35)45-33;1-5(2,3)4/h2*6-11,18-21,28-29,40H,12-17H2,1-5H3;(H2,1,2,3,4)/t2*28-,29+;/m11./s1. The molecule has 4 N–H and O–H groups in total. The fourth-order valence-electron chi connectivity index (χ4n) is 14.2. The molecule has 8 aliphatic heterocycles. The summed E-state index contributed by atoms with van der Waals surface area (Å²) in [6, 6.07) is 40.4. The second kappa shape index (κ2) is 27.8. The van der Waals surface area contributed by atoms with Gasteiger partial charge in [0.05, 0.1) is 42.7 Å². The number of phenolic OH excluding ortho intramolecular Hbond substituents is 2. The molecule has 8 aromatic rings. The molecule has 4 atom stereocenters. The van der Waals surface area contributed by atoms with E-state index >= 15 is 0 Å². The fraction of sp³-hybridized carbons (Fsp3) is 0.351. The molecule has 16 rings (SSSR count). The lowest BCUT2D eigenvalue weighted by Crippen LogP contribution is -2.34. The average molecular weight is 1320 g/mol. The first-order valence-electron chi connectivity index (χ1n) is 31.7. The van der Waals surface area contributed by atoms with Gasteiger partial charge in [-0.15, -0.1) is 0 Å². The van der Waals surface area contributed by atoms with Crippen molar-refractivity contribution >= 4 is 10.4 Å². The summed E-state index contributed by atoms with van der Waals surface area (Å²) < 4.78 is 93.7. The Morgan fingerprint density at radius 1 is 0.379 bits per heavy atom. The number of phenols is 2. The van der Waals surface area contributed by atoms with Crippen LogP contribution in [0.3, 0.4) is 0 Å². The van der Waals surface area contributed by atoms with Crippen molar-refractivity contribution in [3.63, 3.8) is 0 Å². The van der Waals surface area contributed by atoms with E-state index in [4.69, 9.17) is 64.9 Å². The van der Waals surface area contributed by atoms with Gasteiger partial charge in [-0.1, -0.05) is 36.4 Å². The van der Waals surface area contributed by atoms with Crippen LogP contribution in [0.2, 0.25) is 0 Å². The zero-order valence-electron chi connectivity index (χ0n) is 55.2. The molecule has 0 fully saturated rings. The summed E-state index contributed by atoms with van der Waals surface area (Å²) >= 11 is 0. The van der Waals surface area contributed by atoms with Gasteiger partial charge in [0.1, 0.15) is 11.5 Å². The van der Waals surface area contributed by atoms with Crippen LogP contribution in [0.25, 0.3) is 0 Å². The molecule has 8 heterocycles. The van der Waals surface area contributed by atoms with Gasteiger partial charge in [-0.05, 0) is 220 Å². The van der Waals surface area contributed by atoms with Crippen LogP contribution in [0.5, 0.6) is 92.0 Å². The van der Waals surface area contributed by atoms with E-state index < -0.39 is 10.4 Å². The Balaban J connectivity index is 0.000000170. The molecule has 95 heavy (non-hydrogen) atoms. The van der Waals surface area contributed by atoms with Gasteiger partial charge in [0.15, 0.2) is 69.0 Å². The van der Waals surface area contributed by atoms with Crippen LogP contribution in [0.4, 0.5) is 0 Å². The average Bonchev–Trinajstić information content (AvgIpc) is 0.763. The molecule has 500 valence electrons. The minimum atomic E-state index is -4.67. The molecule has 0 amide bonds. The second-order valence-electron chi connectivity index (χ2n) is 25.0. The molecule has 8 aromatic carbocycles. The maximum atomic E-state index is 10.7. The highest BCUT2D eigenvalue weighted by Gasteiger charge is 2.37.